The van der Waals surface area contributed by atoms with Crippen LogP contribution in [0.5, 0.6) is 5.75 Å². The number of amides is 1. The molecule has 5 rings (SSSR count). The van der Waals surface area contributed by atoms with E-state index in [2.05, 4.69) is 25.7 Å². The number of aromatic nitrogens is 5. The van der Waals surface area contributed by atoms with Gasteiger partial charge in [0.15, 0.2) is 22.9 Å². The van der Waals surface area contributed by atoms with Crippen molar-refractivity contribution in [1.29, 1.82) is 0 Å². The van der Waals surface area contributed by atoms with Gasteiger partial charge in [-0.3, -0.25) is 18.7 Å². The summed E-state index contributed by atoms with van der Waals surface area (Å²) in [5, 5.41) is 9.44. The van der Waals surface area contributed by atoms with Gasteiger partial charge in [-0.25, -0.2) is 18.7 Å². The second kappa shape index (κ2) is 13.4. The Morgan fingerprint density at radius 1 is 1.22 bits per heavy atom. The van der Waals surface area contributed by atoms with Gasteiger partial charge < -0.3 is 25.8 Å². The van der Waals surface area contributed by atoms with Crippen LogP contribution in [0.1, 0.15) is 41.4 Å². The van der Waals surface area contributed by atoms with Gasteiger partial charge >= 0.3 is 6.18 Å². The number of imidazole rings is 1. The summed E-state index contributed by atoms with van der Waals surface area (Å²) in [5.41, 5.74) is 5.02. The number of nitrogens with two attached hydrogens (primary N) is 1. The van der Waals surface area contributed by atoms with Crippen LogP contribution < -0.4 is 21.1 Å². The molecule has 4 N–H and O–H groups in total. The van der Waals surface area contributed by atoms with Gasteiger partial charge in [-0.1, -0.05) is 6.92 Å². The summed E-state index contributed by atoms with van der Waals surface area (Å²) in [4.78, 5) is 32.9. The van der Waals surface area contributed by atoms with Gasteiger partial charge in [0.05, 0.1) is 36.4 Å². The molecule has 0 atom stereocenters. The molecule has 1 aromatic carbocycles. The first kappa shape index (κ1) is 32.7. The lowest BCUT2D eigenvalue weighted by Gasteiger charge is -2.34. The van der Waals surface area contributed by atoms with Crippen molar-refractivity contribution in [2.45, 2.75) is 44.8 Å². The molecule has 1 aliphatic carbocycles. The predicted octanol–water partition coefficient (Wildman–Crippen LogP) is 4.20. The van der Waals surface area contributed by atoms with E-state index in [9.17, 15) is 31.5 Å². The smallest absolute Gasteiger partial charge is 0.426 e. The average molecular weight is 651 g/mol. The molecule has 3 heterocycles. The van der Waals surface area contributed by atoms with E-state index in [1.165, 1.54) is 41.3 Å². The maximum Gasteiger partial charge on any atom is 0.435 e. The molecule has 1 saturated carbocycles. The third-order valence-electron chi connectivity index (χ3n) is 7.43. The van der Waals surface area contributed by atoms with Crippen molar-refractivity contribution in [2.24, 2.45) is 11.7 Å². The number of anilines is 2. The second-order valence-corrected chi connectivity index (χ2v) is 10.7. The summed E-state index contributed by atoms with van der Waals surface area (Å²) in [6.07, 6.45) is -0.196. The van der Waals surface area contributed by atoms with Crippen LogP contribution in [0, 0.1) is 5.92 Å². The lowest BCUT2D eigenvalue weighted by Crippen LogP contribution is -2.37. The van der Waals surface area contributed by atoms with E-state index < -0.39 is 42.5 Å². The number of nitrogens with zero attached hydrogens (tertiary/aromatic N) is 5. The maximum absolute atomic E-state index is 14.0. The Bertz CT molecular complexity index is 1710. The molecular formula is C29H31F5N8O4. The molecule has 12 nitrogen and oxygen atoms in total. The molecule has 17 heteroatoms. The Kier molecular flexibility index (Phi) is 9.52. The Morgan fingerprint density at radius 2 is 2.00 bits per heavy atom. The van der Waals surface area contributed by atoms with Crippen molar-refractivity contribution in [3.63, 3.8) is 0 Å². The number of rotatable bonds is 14. The van der Waals surface area contributed by atoms with Crippen LogP contribution in [0.25, 0.3) is 16.9 Å². The van der Waals surface area contributed by atoms with E-state index in [0.717, 1.165) is 4.68 Å². The molecule has 4 aromatic rings. The Morgan fingerprint density at radius 3 is 2.67 bits per heavy atom. The van der Waals surface area contributed by atoms with Crippen molar-refractivity contribution < 1.29 is 41.0 Å². The molecule has 0 radical (unpaired) electrons. The number of hydrogen-bond acceptors (Lipinski definition) is 9. The quantitative estimate of drug-likeness (QED) is 0.104. The topological polar surface area (TPSA) is 151 Å². The highest BCUT2D eigenvalue weighted by molar-refractivity contribution is 5.97. The molecule has 1 fully saturated rings. The number of nitrogens with one attached hydrogen (secondary N) is 2. The maximum atomic E-state index is 14.0. The minimum Gasteiger partial charge on any atom is -0.426 e. The van der Waals surface area contributed by atoms with Crippen molar-refractivity contribution in [3.05, 3.63) is 53.7 Å². The van der Waals surface area contributed by atoms with Gasteiger partial charge in [0.2, 0.25) is 5.92 Å². The highest BCUT2D eigenvalue weighted by Crippen LogP contribution is 2.44. The van der Waals surface area contributed by atoms with Gasteiger partial charge in [0, 0.05) is 62.2 Å². The van der Waals surface area contributed by atoms with E-state index in [4.69, 9.17) is 15.2 Å². The van der Waals surface area contributed by atoms with E-state index in [0.29, 0.717) is 25.1 Å². The Hall–Kier alpha value is -4.64. The van der Waals surface area contributed by atoms with Gasteiger partial charge in [0.25, 0.3) is 12.4 Å². The molecule has 0 aliphatic heterocycles. The first-order valence-electron chi connectivity index (χ1n) is 14.4. The number of fused-ring (bicyclic) bond motifs is 1. The van der Waals surface area contributed by atoms with Crippen LogP contribution in [0.15, 0.2) is 36.9 Å². The average Bonchev–Trinajstić information content (AvgIpc) is 3.62. The molecule has 246 valence electrons. The highest BCUT2D eigenvalue weighted by atomic mass is 19.4. The largest absolute Gasteiger partial charge is 0.435 e. The first-order chi connectivity index (χ1) is 22.0. The number of benzene rings is 1. The number of halogens is 5. The summed E-state index contributed by atoms with van der Waals surface area (Å²) in [7, 11) is 0. The monoisotopic (exact) mass is 650 g/mol. The fraction of sp³-hybridized carbons (Fsp3) is 0.414. The minimum absolute atomic E-state index is 0.0408. The molecule has 0 spiro atoms. The summed E-state index contributed by atoms with van der Waals surface area (Å²) in [6, 6.07) is 3.04. The molecular weight excluding hydrogens is 619 g/mol. The lowest BCUT2D eigenvalue weighted by atomic mass is 9.81. The van der Waals surface area contributed by atoms with E-state index >= 15 is 0 Å². The van der Waals surface area contributed by atoms with E-state index in [1.54, 1.807) is 6.92 Å². The zero-order valence-corrected chi connectivity index (χ0v) is 24.6. The highest BCUT2D eigenvalue weighted by Gasteiger charge is 2.46. The Balaban J connectivity index is 1.45. The summed E-state index contributed by atoms with van der Waals surface area (Å²) >= 11 is 0. The van der Waals surface area contributed by atoms with Crippen LogP contribution in [-0.4, -0.2) is 68.8 Å². The summed E-state index contributed by atoms with van der Waals surface area (Å²) in [5.74, 6) is -3.55. The molecule has 0 bridgehead atoms. The van der Waals surface area contributed by atoms with Crippen LogP contribution in [-0.2, 0) is 28.7 Å². The third-order valence-corrected chi connectivity index (χ3v) is 7.43. The van der Waals surface area contributed by atoms with Crippen LogP contribution >= 0.6 is 0 Å². The molecule has 1 aliphatic rings. The molecule has 1 amide bonds. The number of alkyl halides is 5. The van der Waals surface area contributed by atoms with Gasteiger partial charge in [-0.05, 0) is 24.5 Å². The summed E-state index contributed by atoms with van der Waals surface area (Å²) < 4.78 is 81.7. The summed E-state index contributed by atoms with van der Waals surface area (Å²) in [6.45, 7) is 3.09. The minimum atomic E-state index is -4.83. The zero-order valence-electron chi connectivity index (χ0n) is 24.6. The predicted molar refractivity (Wildman–Crippen MR) is 155 cm³/mol. The van der Waals surface area contributed by atoms with Crippen LogP contribution in [0.4, 0.5) is 33.5 Å². The first-order valence-corrected chi connectivity index (χ1v) is 14.4. The number of ether oxygens (including phenoxy) is 2. The standard InChI is InChI=1S/C29H31F5N8O4/c1-2-18-19(27(44)37-7-10-45-9-5-35)3-4-21(23(18)46-16-43)39-25-26-38-13-22(42(26)8-6-36-25)20-15-41(40-24(20)29(32,33)34)14-17-11-28(30,31)12-17/h3-4,6,8,13,15-17H,2,5,7,9-12,14,35H2,1H3,(H,36,39)(H,37,44). The van der Waals surface area contributed by atoms with Crippen LogP contribution in [0.3, 0.4) is 0 Å². The van der Waals surface area contributed by atoms with Crippen molar-refractivity contribution in [2.75, 3.05) is 31.6 Å². The number of carbonyl (C=O) groups is 2. The van der Waals surface area contributed by atoms with E-state index in [1.807, 2.05) is 0 Å². The Labute approximate surface area is 259 Å². The third kappa shape index (κ3) is 6.94. The van der Waals surface area contributed by atoms with Crippen molar-refractivity contribution >= 4 is 29.5 Å². The second-order valence-electron chi connectivity index (χ2n) is 10.7. The lowest BCUT2D eigenvalue weighted by molar-refractivity contribution is -0.141. The normalized spacial score (nSPS) is 14.7. The molecule has 3 aromatic heterocycles. The van der Waals surface area contributed by atoms with Gasteiger partial charge in [-0.2, -0.15) is 18.3 Å². The van der Waals surface area contributed by atoms with Crippen LogP contribution in [0.2, 0.25) is 0 Å². The van der Waals surface area contributed by atoms with Crippen molar-refractivity contribution in [3.8, 4) is 17.0 Å². The molecule has 0 unspecified atom stereocenters. The van der Waals surface area contributed by atoms with E-state index in [-0.39, 0.29) is 65.9 Å². The van der Waals surface area contributed by atoms with Gasteiger partial charge in [-0.15, -0.1) is 0 Å². The number of hydrogen-bond donors (Lipinski definition) is 3. The zero-order chi connectivity index (χ0) is 33.1. The SMILES string of the molecule is CCc1c(C(=O)NCCOCCN)ccc(Nc2nccn3c(-c4cn(CC5CC(F)(F)C5)nc4C(F)(F)F)cnc23)c1OC=O. The van der Waals surface area contributed by atoms with Crippen molar-refractivity contribution in [1.82, 2.24) is 29.5 Å². The molecule has 46 heavy (non-hydrogen) atoms. The fourth-order valence-electron chi connectivity index (χ4n) is 5.41. The fourth-order valence-corrected chi connectivity index (χ4v) is 5.41. The molecule has 0 saturated heterocycles. The number of carbonyl (C=O) groups excluding carboxylic acids is 2. The van der Waals surface area contributed by atoms with Gasteiger partial charge in [0.1, 0.15) is 0 Å².